The molecule has 4 atom stereocenters. The summed E-state index contributed by atoms with van der Waals surface area (Å²) in [5.41, 5.74) is 0. The molecule has 100 valence electrons. The number of hydrogen-bond acceptors (Lipinski definition) is 6. The van der Waals surface area contributed by atoms with Crippen LogP contribution < -0.4 is 0 Å². The second-order valence-corrected chi connectivity index (χ2v) is 4.07. The fraction of sp³-hybridized carbons (Fsp3) is 0.750. The molecule has 0 radical (unpaired) electrons. The summed E-state index contributed by atoms with van der Waals surface area (Å²) < 4.78 is 0. The van der Waals surface area contributed by atoms with Gasteiger partial charge in [0.05, 0.1) is 0 Å². The average molecular weight is 262 g/mol. The number of hydrogen-bond donors (Lipinski definition) is 2. The number of nitro groups is 2. The van der Waals surface area contributed by atoms with Gasteiger partial charge < -0.3 is 10.2 Å². The SMILES string of the molecule is O=C(O)[C@@H]1C[C@H]1[N+](=O)[O-].O=C(O)[C@H]1C[C@@H]1[N+](=O)[O-]. The summed E-state index contributed by atoms with van der Waals surface area (Å²) >= 11 is 0. The third kappa shape index (κ3) is 3.37. The first-order valence-electron chi connectivity index (χ1n) is 4.98. The van der Waals surface area contributed by atoms with Gasteiger partial charge in [-0.25, -0.2) is 0 Å². The van der Waals surface area contributed by atoms with Crippen molar-refractivity contribution in [2.24, 2.45) is 11.8 Å². The Kier molecular flexibility index (Phi) is 3.79. The van der Waals surface area contributed by atoms with Gasteiger partial charge in [-0.3, -0.25) is 29.8 Å². The zero-order chi connectivity index (χ0) is 14.0. The second kappa shape index (κ2) is 4.94. The zero-order valence-corrected chi connectivity index (χ0v) is 8.96. The first kappa shape index (κ1) is 13.8. The van der Waals surface area contributed by atoms with Gasteiger partial charge in [0.1, 0.15) is 11.8 Å². The summed E-state index contributed by atoms with van der Waals surface area (Å²) in [6, 6.07) is -1.63. The van der Waals surface area contributed by atoms with E-state index in [1.807, 2.05) is 0 Å². The van der Waals surface area contributed by atoms with Crippen LogP contribution in [0.15, 0.2) is 0 Å². The molecule has 18 heavy (non-hydrogen) atoms. The van der Waals surface area contributed by atoms with Gasteiger partial charge in [-0.2, -0.15) is 0 Å². The molecule has 2 fully saturated rings. The minimum Gasteiger partial charge on any atom is -0.481 e. The van der Waals surface area contributed by atoms with Gasteiger partial charge in [-0.1, -0.05) is 0 Å². The van der Waals surface area contributed by atoms with Crippen LogP contribution in [-0.2, 0) is 9.59 Å². The number of aliphatic carboxylic acids is 2. The summed E-state index contributed by atoms with van der Waals surface area (Å²) in [6.45, 7) is 0. The molecule has 2 rings (SSSR count). The smallest absolute Gasteiger partial charge is 0.313 e. The van der Waals surface area contributed by atoms with Gasteiger partial charge >= 0.3 is 11.9 Å². The van der Waals surface area contributed by atoms with E-state index < -0.39 is 45.7 Å². The molecular weight excluding hydrogens is 252 g/mol. The lowest BCUT2D eigenvalue weighted by atomic mass is 10.4. The van der Waals surface area contributed by atoms with Crippen LogP contribution in [0.4, 0.5) is 0 Å². The molecule has 0 bridgehead atoms. The van der Waals surface area contributed by atoms with E-state index in [1.54, 1.807) is 0 Å². The van der Waals surface area contributed by atoms with Crippen LogP contribution in [0.1, 0.15) is 12.8 Å². The van der Waals surface area contributed by atoms with Crippen LogP contribution in [0.3, 0.4) is 0 Å². The molecule has 2 aliphatic carbocycles. The van der Waals surface area contributed by atoms with Gasteiger partial charge in [0.2, 0.25) is 12.1 Å². The van der Waals surface area contributed by atoms with Crippen molar-refractivity contribution in [2.75, 3.05) is 0 Å². The number of nitrogens with zero attached hydrogens (tertiary/aromatic N) is 2. The van der Waals surface area contributed by atoms with Crippen LogP contribution in [0.5, 0.6) is 0 Å². The molecule has 0 spiro atoms. The summed E-state index contributed by atoms with van der Waals surface area (Å²) in [7, 11) is 0. The average Bonchev–Trinajstić information content (AvgIpc) is 3.12. The lowest BCUT2D eigenvalue weighted by molar-refractivity contribution is -0.497. The van der Waals surface area contributed by atoms with Crippen LogP contribution >= 0.6 is 0 Å². The maximum absolute atomic E-state index is 9.97. The van der Waals surface area contributed by atoms with Crippen molar-refractivity contribution in [1.82, 2.24) is 0 Å². The minimum absolute atomic E-state index is 0.197. The van der Waals surface area contributed by atoms with Gasteiger partial charge in [-0.15, -0.1) is 0 Å². The maximum atomic E-state index is 9.97. The predicted molar refractivity (Wildman–Crippen MR) is 53.1 cm³/mol. The van der Waals surface area contributed by atoms with E-state index in [9.17, 15) is 29.8 Å². The van der Waals surface area contributed by atoms with Crippen molar-refractivity contribution < 1.29 is 29.6 Å². The van der Waals surface area contributed by atoms with E-state index >= 15 is 0 Å². The molecule has 0 heterocycles. The standard InChI is InChI=1S/2C4H5NO4/c2*6-4(7)2-1-3(2)5(8)9/h2*2-3H,1H2,(H,6,7)/t2*2-,3-/m10/s1. The quantitative estimate of drug-likeness (QED) is 0.504. The number of carboxylic acids is 2. The molecule has 0 unspecified atom stereocenters. The largest absolute Gasteiger partial charge is 0.481 e. The van der Waals surface area contributed by atoms with Crippen LogP contribution in [0.2, 0.25) is 0 Å². The van der Waals surface area contributed by atoms with E-state index in [2.05, 4.69) is 0 Å². The van der Waals surface area contributed by atoms with Gasteiger partial charge in [0.25, 0.3) is 0 Å². The van der Waals surface area contributed by atoms with Crippen molar-refractivity contribution >= 4 is 11.9 Å². The highest BCUT2D eigenvalue weighted by Crippen LogP contribution is 2.33. The third-order valence-electron chi connectivity index (χ3n) is 2.69. The summed E-state index contributed by atoms with van der Waals surface area (Å²) in [4.78, 5) is 38.5. The maximum Gasteiger partial charge on any atom is 0.313 e. The van der Waals surface area contributed by atoms with Gasteiger partial charge in [0, 0.05) is 22.7 Å². The lowest BCUT2D eigenvalue weighted by Crippen LogP contribution is -2.09. The molecule has 10 nitrogen and oxygen atoms in total. The molecule has 2 aliphatic rings. The number of carboxylic acid groups (broad SMARTS) is 2. The zero-order valence-electron chi connectivity index (χ0n) is 8.96. The molecule has 0 aromatic heterocycles. The molecule has 0 aromatic rings. The first-order valence-corrected chi connectivity index (χ1v) is 4.98. The van der Waals surface area contributed by atoms with E-state index in [0.717, 1.165) is 0 Å². The van der Waals surface area contributed by atoms with E-state index in [0.29, 0.717) is 0 Å². The Hall–Kier alpha value is -2.26. The number of carbonyl (C=O) groups is 2. The molecule has 0 amide bonds. The topological polar surface area (TPSA) is 161 Å². The van der Waals surface area contributed by atoms with Crippen molar-refractivity contribution in [3.05, 3.63) is 20.2 Å². The Morgan fingerprint density at radius 2 is 1.17 bits per heavy atom. The Morgan fingerprint density at radius 1 is 0.889 bits per heavy atom. The Balaban J connectivity index is 0.000000180. The highest BCUT2D eigenvalue weighted by Gasteiger charge is 2.54. The minimum atomic E-state index is -1.06. The summed E-state index contributed by atoms with van der Waals surface area (Å²) in [5, 5.41) is 36.0. The third-order valence-corrected chi connectivity index (χ3v) is 2.69. The molecule has 2 saturated carbocycles. The predicted octanol–water partition coefficient (Wildman–Crippen LogP) is -0.528. The Morgan fingerprint density at radius 3 is 1.22 bits per heavy atom. The van der Waals surface area contributed by atoms with Gasteiger partial charge in [0.15, 0.2) is 0 Å². The van der Waals surface area contributed by atoms with E-state index in [4.69, 9.17) is 10.2 Å². The molecule has 0 saturated heterocycles. The normalized spacial score (nSPS) is 31.6. The van der Waals surface area contributed by atoms with Crippen molar-refractivity contribution in [2.45, 2.75) is 24.9 Å². The summed E-state index contributed by atoms with van der Waals surface area (Å²) in [5.74, 6) is -3.56. The van der Waals surface area contributed by atoms with Crippen molar-refractivity contribution in [3.63, 3.8) is 0 Å². The lowest BCUT2D eigenvalue weighted by Gasteiger charge is -1.83. The van der Waals surface area contributed by atoms with E-state index in [-0.39, 0.29) is 12.8 Å². The second-order valence-electron chi connectivity index (χ2n) is 4.07. The molecule has 2 N–H and O–H groups in total. The van der Waals surface area contributed by atoms with Crippen LogP contribution in [0.25, 0.3) is 0 Å². The first-order chi connectivity index (χ1) is 8.25. The van der Waals surface area contributed by atoms with Crippen molar-refractivity contribution in [3.8, 4) is 0 Å². The Bertz CT molecular complexity index is 334. The van der Waals surface area contributed by atoms with Crippen LogP contribution in [-0.4, -0.2) is 44.1 Å². The highest BCUT2D eigenvalue weighted by atomic mass is 16.6. The fourth-order valence-corrected chi connectivity index (χ4v) is 1.36. The number of rotatable bonds is 4. The molecule has 0 aromatic carbocycles. The van der Waals surface area contributed by atoms with Gasteiger partial charge in [-0.05, 0) is 0 Å². The van der Waals surface area contributed by atoms with E-state index in [1.165, 1.54) is 0 Å². The van der Waals surface area contributed by atoms with Crippen LogP contribution in [0, 0.1) is 32.1 Å². The molecular formula is C8H10N2O8. The highest BCUT2D eigenvalue weighted by molar-refractivity contribution is 5.74. The Labute approximate surface area is 99.5 Å². The van der Waals surface area contributed by atoms with Crippen molar-refractivity contribution in [1.29, 1.82) is 0 Å². The molecule has 0 aliphatic heterocycles. The monoisotopic (exact) mass is 262 g/mol. The fourth-order valence-electron chi connectivity index (χ4n) is 1.36. The summed E-state index contributed by atoms with van der Waals surface area (Å²) in [6.07, 6.45) is 0.394. The molecule has 10 heteroatoms.